The summed E-state index contributed by atoms with van der Waals surface area (Å²) in [5.74, 6) is 0.0757. The molecular formula is C12H17ClN2OWY-2. The van der Waals surface area contributed by atoms with Gasteiger partial charge in [0.05, 0.1) is 0 Å². The molecular weight excluding hydrogens is 496 g/mol. The predicted octanol–water partition coefficient (Wildman–Crippen LogP) is -0.849. The predicted molar refractivity (Wildman–Crippen MR) is 62.2 cm³/mol. The van der Waals surface area contributed by atoms with Gasteiger partial charge < -0.3 is 22.6 Å². The Labute approximate surface area is 155 Å². The van der Waals surface area contributed by atoms with Crippen LogP contribution < -0.4 is 12.4 Å². The molecule has 0 atom stereocenters. The van der Waals surface area contributed by atoms with Crippen LogP contribution in [0.25, 0.3) is 5.32 Å². The Morgan fingerprint density at radius 1 is 1.28 bits per heavy atom. The molecule has 0 saturated carbocycles. The van der Waals surface area contributed by atoms with E-state index in [-0.39, 0.29) is 72.1 Å². The van der Waals surface area contributed by atoms with Crippen molar-refractivity contribution in [2.24, 2.45) is 0 Å². The number of rotatable bonds is 5. The first-order chi connectivity index (χ1) is 7.25. The van der Waals surface area contributed by atoms with Crippen molar-refractivity contribution >= 4 is 5.91 Å². The zero-order valence-corrected chi connectivity index (χ0v) is 17.2. The van der Waals surface area contributed by atoms with Crippen LogP contribution in [0.5, 0.6) is 0 Å². The third-order valence-electron chi connectivity index (χ3n) is 2.24. The van der Waals surface area contributed by atoms with Crippen molar-refractivity contribution in [3.8, 4) is 0 Å². The summed E-state index contributed by atoms with van der Waals surface area (Å²) in [5.41, 5.74) is 0.744. The Bertz CT molecular complexity index is 314. The van der Waals surface area contributed by atoms with Crippen molar-refractivity contribution in [2.75, 3.05) is 27.2 Å². The van der Waals surface area contributed by atoms with Gasteiger partial charge in [-0.3, -0.25) is 4.79 Å². The fourth-order valence-electron chi connectivity index (χ4n) is 1.37. The van der Waals surface area contributed by atoms with Crippen molar-refractivity contribution in [2.45, 2.75) is 6.42 Å². The maximum Gasteiger partial charge on any atom is 0.253 e. The minimum Gasteiger partial charge on any atom is -1.00 e. The number of hydrogen-bond acceptors (Lipinski definition) is 1. The molecule has 0 fully saturated rings. The van der Waals surface area contributed by atoms with Crippen molar-refractivity contribution in [1.29, 1.82) is 0 Å². The van der Waals surface area contributed by atoms with Gasteiger partial charge in [0, 0.05) is 72.9 Å². The van der Waals surface area contributed by atoms with Gasteiger partial charge in [-0.15, -0.1) is 6.54 Å². The van der Waals surface area contributed by atoms with Crippen LogP contribution in [0.4, 0.5) is 0 Å². The van der Waals surface area contributed by atoms with Gasteiger partial charge >= 0.3 is 0 Å². The molecule has 0 bridgehead atoms. The molecule has 0 N–H and O–H groups in total. The van der Waals surface area contributed by atoms with Gasteiger partial charge in [-0.2, -0.15) is 7.05 Å². The summed E-state index contributed by atoms with van der Waals surface area (Å²) in [4.78, 5) is 13.6. The maximum absolute atomic E-state index is 11.8. The Morgan fingerprint density at radius 3 is 2.33 bits per heavy atom. The van der Waals surface area contributed by atoms with Crippen LogP contribution in [0.15, 0.2) is 30.3 Å². The van der Waals surface area contributed by atoms with Gasteiger partial charge in [-0.25, -0.2) is 0 Å². The number of amides is 1. The first-order valence-electron chi connectivity index (χ1n) is 5.12. The summed E-state index contributed by atoms with van der Waals surface area (Å²) in [6.45, 7) is 1.57. The molecule has 1 rings (SSSR count). The number of nitrogens with zero attached hydrogens (tertiary/aromatic N) is 2. The first kappa shape index (κ1) is 23.8. The van der Waals surface area contributed by atoms with E-state index in [0.29, 0.717) is 0 Å². The average Bonchev–Trinajstić information content (AvgIpc) is 2.29. The number of carbonyl (C=O) groups is 1. The quantitative estimate of drug-likeness (QED) is 0.473. The second-order valence-electron chi connectivity index (χ2n) is 3.49. The topological polar surface area (TPSA) is 34.4 Å². The third kappa shape index (κ3) is 8.77. The third-order valence-corrected chi connectivity index (χ3v) is 2.24. The fourth-order valence-corrected chi connectivity index (χ4v) is 1.37. The molecule has 1 aromatic rings. The Balaban J connectivity index is -0.000000750. The van der Waals surface area contributed by atoms with Gasteiger partial charge in [-0.05, 0) is 12.1 Å². The summed E-state index contributed by atoms with van der Waals surface area (Å²) in [6.07, 6.45) is 0.922. The minimum atomic E-state index is 0. The fraction of sp³-hybridized carbons (Fsp3) is 0.417. The second kappa shape index (κ2) is 14.1. The molecule has 0 aliphatic heterocycles. The zero-order valence-electron chi connectivity index (χ0n) is 10.7. The molecule has 3 nitrogen and oxygen atoms in total. The smallest absolute Gasteiger partial charge is 0.253 e. The van der Waals surface area contributed by atoms with Crippen molar-refractivity contribution in [3.63, 3.8) is 0 Å². The van der Waals surface area contributed by atoms with Crippen LogP contribution in [0.3, 0.4) is 0 Å². The van der Waals surface area contributed by atoms with Crippen LogP contribution >= 0.6 is 0 Å². The molecule has 1 aromatic carbocycles. The van der Waals surface area contributed by atoms with E-state index in [9.17, 15) is 4.79 Å². The number of hydrogen-bond donors (Lipinski definition) is 0. The van der Waals surface area contributed by atoms with Gasteiger partial charge in [0.1, 0.15) is 0 Å². The van der Waals surface area contributed by atoms with Crippen molar-refractivity contribution in [1.82, 2.24) is 4.90 Å². The first-order valence-corrected chi connectivity index (χ1v) is 5.12. The van der Waals surface area contributed by atoms with Gasteiger partial charge in [0.25, 0.3) is 5.91 Å². The molecule has 0 saturated heterocycles. The molecule has 0 aliphatic rings. The van der Waals surface area contributed by atoms with Crippen LogP contribution in [0.2, 0.25) is 0 Å². The molecule has 99 valence electrons. The summed E-state index contributed by atoms with van der Waals surface area (Å²) in [5, 5.41) is 4.00. The summed E-state index contributed by atoms with van der Waals surface area (Å²) >= 11 is 0. The maximum atomic E-state index is 11.8. The molecule has 0 aliphatic carbocycles. The molecule has 1 radical (unpaired) electrons. The normalized spacial score (nSPS) is 8.33. The van der Waals surface area contributed by atoms with Crippen molar-refractivity contribution in [3.05, 3.63) is 41.2 Å². The van der Waals surface area contributed by atoms with E-state index in [0.717, 1.165) is 25.1 Å². The SMILES string of the molecule is C[N-]CCCN(C)C(=O)c1ccccc1.[Cl-].[W].[Y]. The summed E-state index contributed by atoms with van der Waals surface area (Å²) in [6, 6.07) is 9.34. The molecule has 6 heteroatoms. The monoisotopic (exact) mass is 513 g/mol. The van der Waals surface area contributed by atoms with E-state index in [4.69, 9.17) is 0 Å². The standard InChI is InChI=1S/C12H17N2O.ClH.W.Y/c1-13-9-6-10-14(2)12(15)11-7-4-3-5-8-11;;;/h3-5,7-8H,6,9-10H2,1-2H3;1H;;/q-1;;;/p-1. The Morgan fingerprint density at radius 2 is 1.83 bits per heavy atom. The van der Waals surface area contributed by atoms with Crippen LogP contribution in [-0.4, -0.2) is 38.0 Å². The van der Waals surface area contributed by atoms with Crippen LogP contribution in [0, 0.1) is 0 Å². The van der Waals surface area contributed by atoms with E-state index in [2.05, 4.69) is 5.32 Å². The second-order valence-corrected chi connectivity index (χ2v) is 3.49. The van der Waals surface area contributed by atoms with E-state index in [1.807, 2.05) is 37.4 Å². The molecule has 0 aromatic heterocycles. The van der Waals surface area contributed by atoms with Crippen LogP contribution in [0.1, 0.15) is 16.8 Å². The van der Waals surface area contributed by atoms with Gasteiger partial charge in [0.15, 0.2) is 0 Å². The number of benzene rings is 1. The van der Waals surface area contributed by atoms with Gasteiger partial charge in [-0.1, -0.05) is 24.6 Å². The molecule has 1 amide bonds. The average molecular weight is 513 g/mol. The minimum absolute atomic E-state index is 0. The summed E-state index contributed by atoms with van der Waals surface area (Å²) in [7, 11) is 3.62. The summed E-state index contributed by atoms with van der Waals surface area (Å²) < 4.78 is 0. The zero-order chi connectivity index (χ0) is 11.1. The van der Waals surface area contributed by atoms with E-state index in [1.54, 1.807) is 11.9 Å². The van der Waals surface area contributed by atoms with Crippen molar-refractivity contribution < 1.29 is 71.0 Å². The van der Waals surface area contributed by atoms with E-state index >= 15 is 0 Å². The Hall–Kier alpha value is 0.732. The van der Waals surface area contributed by atoms with Crippen LogP contribution in [-0.2, 0) is 53.8 Å². The molecule has 0 spiro atoms. The molecule has 0 heterocycles. The molecule has 18 heavy (non-hydrogen) atoms. The van der Waals surface area contributed by atoms with E-state index < -0.39 is 0 Å². The van der Waals surface area contributed by atoms with E-state index in [1.165, 1.54) is 0 Å². The largest absolute Gasteiger partial charge is 1.00 e. The Kier molecular flexibility index (Phi) is 18.7. The number of carbonyl (C=O) groups excluding carboxylic acids is 1. The molecule has 0 unspecified atom stereocenters. The van der Waals surface area contributed by atoms with Gasteiger partial charge in [0.2, 0.25) is 0 Å². The number of halogens is 1.